The number of rotatable bonds is 7. The number of Topliss-reactive ketones (excluding diaryl/α,β-unsaturated/α-hetero) is 1. The van der Waals surface area contributed by atoms with Crippen molar-refractivity contribution in [3.8, 4) is 0 Å². The number of amides is 1. The Morgan fingerprint density at radius 2 is 1.79 bits per heavy atom. The first-order valence-electron chi connectivity index (χ1n) is 11.1. The maximum Gasteiger partial charge on any atom is 0.296 e. The van der Waals surface area contributed by atoms with E-state index in [9.17, 15) is 19.1 Å². The molecule has 2 aromatic heterocycles. The number of hydrogen-bond acceptors (Lipinski definition) is 9. The zero-order chi connectivity index (χ0) is 27.1. The summed E-state index contributed by atoms with van der Waals surface area (Å²) in [6, 6.07) is 9.79. The summed E-state index contributed by atoms with van der Waals surface area (Å²) < 4.78 is 13.7. The van der Waals surface area contributed by atoms with Gasteiger partial charge < -0.3 is 5.11 Å². The normalized spacial score (nSPS) is 15.6. The number of hydrogen-bond donors (Lipinski definition) is 1. The van der Waals surface area contributed by atoms with Crippen molar-refractivity contribution in [3.05, 3.63) is 96.4 Å². The third-order valence-electron chi connectivity index (χ3n) is 5.71. The van der Waals surface area contributed by atoms with Crippen molar-refractivity contribution in [3.63, 3.8) is 0 Å². The van der Waals surface area contributed by atoms with Gasteiger partial charge in [-0.3, -0.25) is 14.5 Å². The van der Waals surface area contributed by atoms with Crippen LogP contribution in [0, 0.1) is 19.7 Å². The Bertz CT molecular complexity index is 1580. The molecule has 2 aromatic carbocycles. The van der Waals surface area contributed by atoms with E-state index in [2.05, 4.69) is 15.2 Å². The number of carbonyl (C=O) groups excluding carboxylic acids is 2. The highest BCUT2D eigenvalue weighted by Crippen LogP contribution is 2.48. The summed E-state index contributed by atoms with van der Waals surface area (Å²) in [5.74, 6) is -1.90. The maximum atomic E-state index is 13.7. The van der Waals surface area contributed by atoms with E-state index < -0.39 is 23.5 Å². The molecule has 0 fully saturated rings. The minimum atomic E-state index is -1.14. The standard InChI is InChI=1S/C25H17Cl2FN4O3S3/c1-11-22(37-12(2)29-11)20(33)18-19(17-15(26)4-3-5-16(17)27)32(23(35)21(18)34)24-30-31-25(38-24)36-10-13-6-8-14(28)9-7-13/h3-9,19,34H,10H2,1-2H3. The molecule has 0 saturated carbocycles. The van der Waals surface area contributed by atoms with Gasteiger partial charge in [0.2, 0.25) is 10.9 Å². The number of carbonyl (C=O) groups is 2. The van der Waals surface area contributed by atoms with Crippen molar-refractivity contribution < 1.29 is 19.1 Å². The smallest absolute Gasteiger partial charge is 0.296 e. The minimum absolute atomic E-state index is 0.157. The number of aliphatic hydroxyl groups is 1. The van der Waals surface area contributed by atoms with Crippen LogP contribution in [0.5, 0.6) is 0 Å². The third-order valence-corrected chi connectivity index (χ3v) is 9.57. The van der Waals surface area contributed by atoms with Crippen LogP contribution in [0.25, 0.3) is 0 Å². The van der Waals surface area contributed by atoms with Gasteiger partial charge in [0.05, 0.1) is 21.2 Å². The molecule has 1 aliphatic heterocycles. The highest BCUT2D eigenvalue weighted by atomic mass is 35.5. The van der Waals surface area contributed by atoms with Gasteiger partial charge in [-0.15, -0.1) is 21.5 Å². The average molecular weight is 608 g/mol. The molecule has 194 valence electrons. The SMILES string of the molecule is Cc1nc(C)c(C(=O)C2=C(O)C(=O)N(c3nnc(SCc4ccc(F)cc4)s3)C2c2c(Cl)cccc2Cl)s1. The number of nitrogens with zero attached hydrogens (tertiary/aromatic N) is 4. The first kappa shape index (κ1) is 26.8. The molecule has 0 bridgehead atoms. The van der Waals surface area contributed by atoms with Gasteiger partial charge in [0.25, 0.3) is 5.91 Å². The van der Waals surface area contributed by atoms with Crippen LogP contribution in [0.2, 0.25) is 10.0 Å². The molecule has 3 heterocycles. The Hall–Kier alpha value is -2.83. The van der Waals surface area contributed by atoms with Crippen LogP contribution in [0.15, 0.2) is 58.1 Å². The summed E-state index contributed by atoms with van der Waals surface area (Å²) in [6.45, 7) is 3.46. The van der Waals surface area contributed by atoms with Crippen molar-refractivity contribution in [2.45, 2.75) is 30.0 Å². The van der Waals surface area contributed by atoms with Gasteiger partial charge in [-0.05, 0) is 43.7 Å². The number of benzene rings is 2. The molecule has 7 nitrogen and oxygen atoms in total. The van der Waals surface area contributed by atoms with Gasteiger partial charge in [0.1, 0.15) is 11.9 Å². The topological polar surface area (TPSA) is 96.3 Å². The van der Waals surface area contributed by atoms with E-state index in [1.807, 2.05) is 0 Å². The van der Waals surface area contributed by atoms with Gasteiger partial charge in [-0.2, -0.15) is 0 Å². The quantitative estimate of drug-likeness (QED) is 0.136. The first-order chi connectivity index (χ1) is 18.2. The highest BCUT2D eigenvalue weighted by molar-refractivity contribution is 8.00. The van der Waals surface area contributed by atoms with E-state index >= 15 is 0 Å². The number of ketones is 1. The second-order valence-corrected chi connectivity index (χ2v) is 12.4. The van der Waals surface area contributed by atoms with Crippen molar-refractivity contribution in [1.29, 1.82) is 0 Å². The molecule has 0 aliphatic carbocycles. The number of aromatic nitrogens is 3. The first-order valence-corrected chi connectivity index (χ1v) is 14.4. The molecule has 0 radical (unpaired) electrons. The lowest BCUT2D eigenvalue weighted by molar-refractivity contribution is -0.117. The third kappa shape index (κ3) is 4.96. The summed E-state index contributed by atoms with van der Waals surface area (Å²) in [7, 11) is 0. The highest BCUT2D eigenvalue weighted by Gasteiger charge is 2.48. The van der Waals surface area contributed by atoms with E-state index in [1.54, 1.807) is 44.2 Å². The van der Waals surface area contributed by atoms with Gasteiger partial charge >= 0.3 is 0 Å². The van der Waals surface area contributed by atoms with Gasteiger partial charge in [0, 0.05) is 21.4 Å². The second-order valence-electron chi connectivity index (χ2n) is 8.22. The van der Waals surface area contributed by atoms with Crippen molar-refractivity contribution in [2.75, 3.05) is 4.90 Å². The van der Waals surface area contributed by atoms with Crippen LogP contribution in [0.4, 0.5) is 9.52 Å². The fraction of sp³-hybridized carbons (Fsp3) is 0.160. The number of thioether (sulfide) groups is 1. The zero-order valence-corrected chi connectivity index (χ0v) is 23.7. The monoisotopic (exact) mass is 606 g/mol. The Kier molecular flexibility index (Phi) is 7.56. The molecule has 38 heavy (non-hydrogen) atoms. The summed E-state index contributed by atoms with van der Waals surface area (Å²) in [5.41, 5.74) is 1.50. The lowest BCUT2D eigenvalue weighted by atomic mass is 9.95. The molecular formula is C25H17Cl2FN4O3S3. The number of halogens is 3. The van der Waals surface area contributed by atoms with Crippen molar-refractivity contribution >= 4 is 74.5 Å². The molecule has 0 spiro atoms. The molecule has 1 amide bonds. The molecule has 13 heteroatoms. The lowest BCUT2D eigenvalue weighted by Crippen LogP contribution is -2.31. The number of thiazole rings is 1. The molecule has 1 atom stereocenters. The molecule has 1 unspecified atom stereocenters. The van der Waals surface area contributed by atoms with Crippen LogP contribution in [0.3, 0.4) is 0 Å². The van der Waals surface area contributed by atoms with Gasteiger partial charge in [0.15, 0.2) is 10.1 Å². The van der Waals surface area contributed by atoms with Crippen LogP contribution < -0.4 is 4.90 Å². The van der Waals surface area contributed by atoms with Crippen LogP contribution >= 0.6 is 57.6 Å². The van der Waals surface area contributed by atoms with E-state index in [1.165, 1.54) is 40.1 Å². The maximum absolute atomic E-state index is 13.7. The summed E-state index contributed by atoms with van der Waals surface area (Å²) in [5, 5.41) is 20.6. The van der Waals surface area contributed by atoms with E-state index in [-0.39, 0.29) is 32.1 Å². The minimum Gasteiger partial charge on any atom is -0.503 e. The predicted octanol–water partition coefficient (Wildman–Crippen LogP) is 7.13. The molecule has 4 aromatic rings. The molecule has 1 N–H and O–H groups in total. The molecule has 5 rings (SSSR count). The fourth-order valence-corrected chi connectivity index (χ4v) is 7.33. The molecule has 1 aliphatic rings. The Morgan fingerprint density at radius 3 is 2.42 bits per heavy atom. The van der Waals surface area contributed by atoms with Crippen molar-refractivity contribution in [2.24, 2.45) is 0 Å². The summed E-state index contributed by atoms with van der Waals surface area (Å²) in [6.07, 6.45) is 0. The summed E-state index contributed by atoms with van der Waals surface area (Å²) in [4.78, 5) is 33.0. The van der Waals surface area contributed by atoms with Gasteiger partial charge in [-0.1, -0.05) is 64.5 Å². The Labute approximate surface area is 239 Å². The van der Waals surface area contributed by atoms with Crippen LogP contribution in [-0.2, 0) is 10.5 Å². The number of aliphatic hydroxyl groups excluding tert-OH is 1. The van der Waals surface area contributed by atoms with Crippen LogP contribution in [0.1, 0.15) is 37.5 Å². The van der Waals surface area contributed by atoms with E-state index in [0.29, 0.717) is 25.7 Å². The van der Waals surface area contributed by atoms with Crippen molar-refractivity contribution in [1.82, 2.24) is 15.2 Å². The Morgan fingerprint density at radius 1 is 1.11 bits per heavy atom. The molecule has 0 saturated heterocycles. The van der Waals surface area contributed by atoms with E-state index in [0.717, 1.165) is 16.9 Å². The fourth-order valence-electron chi connectivity index (χ4n) is 4.03. The Balaban J connectivity index is 1.54. The largest absolute Gasteiger partial charge is 0.503 e. The lowest BCUT2D eigenvalue weighted by Gasteiger charge is -2.25. The second kappa shape index (κ2) is 10.7. The van der Waals surface area contributed by atoms with E-state index in [4.69, 9.17) is 23.2 Å². The average Bonchev–Trinajstić information content (AvgIpc) is 3.54. The zero-order valence-electron chi connectivity index (χ0n) is 19.7. The predicted molar refractivity (Wildman–Crippen MR) is 148 cm³/mol. The number of aryl methyl sites for hydroxylation is 2. The molecular weight excluding hydrogens is 590 g/mol. The van der Waals surface area contributed by atoms with Crippen LogP contribution in [-0.4, -0.2) is 32.0 Å². The van der Waals surface area contributed by atoms with Gasteiger partial charge in [-0.25, -0.2) is 9.37 Å². The number of anilines is 1. The summed E-state index contributed by atoms with van der Waals surface area (Å²) >= 11 is 16.7.